The minimum absolute atomic E-state index is 0.269. The summed E-state index contributed by atoms with van der Waals surface area (Å²) in [5.74, 6) is 2.54. The average molecular weight is 223 g/mol. The lowest BCUT2D eigenvalue weighted by molar-refractivity contribution is 0.0197. The number of amides is 1. The molecule has 0 N–H and O–H groups in total. The molecule has 90 valence electrons. The number of nitrogens with zero attached hydrogens (tertiary/aromatic N) is 1. The first-order chi connectivity index (χ1) is 7.44. The standard InChI is InChI=1S/C13H21NO2/c1-5-10-14(11-8-6-7-9-11)12(15)16-13(2,3)4/h1,11H,6-10H2,2-4H3. The summed E-state index contributed by atoms with van der Waals surface area (Å²) >= 11 is 0. The largest absolute Gasteiger partial charge is 0.444 e. The van der Waals surface area contributed by atoms with Crippen LogP contribution in [-0.2, 0) is 4.74 Å². The summed E-state index contributed by atoms with van der Waals surface area (Å²) in [6.07, 6.45) is 9.45. The molecule has 0 spiro atoms. The molecule has 0 aromatic carbocycles. The molecule has 3 heteroatoms. The minimum Gasteiger partial charge on any atom is -0.444 e. The maximum Gasteiger partial charge on any atom is 0.411 e. The van der Waals surface area contributed by atoms with E-state index in [2.05, 4.69) is 5.92 Å². The van der Waals surface area contributed by atoms with Gasteiger partial charge in [0, 0.05) is 6.04 Å². The molecule has 1 aliphatic carbocycles. The lowest BCUT2D eigenvalue weighted by Crippen LogP contribution is -2.42. The topological polar surface area (TPSA) is 29.5 Å². The van der Waals surface area contributed by atoms with Crippen molar-refractivity contribution in [2.45, 2.75) is 58.1 Å². The third kappa shape index (κ3) is 3.77. The van der Waals surface area contributed by atoms with Crippen molar-refractivity contribution in [1.82, 2.24) is 4.90 Å². The lowest BCUT2D eigenvalue weighted by atomic mass is 10.2. The first kappa shape index (κ1) is 12.9. The van der Waals surface area contributed by atoms with Crippen molar-refractivity contribution in [3.05, 3.63) is 0 Å². The monoisotopic (exact) mass is 223 g/mol. The van der Waals surface area contributed by atoms with E-state index in [1.54, 1.807) is 4.90 Å². The van der Waals surface area contributed by atoms with E-state index in [0.717, 1.165) is 12.8 Å². The Morgan fingerprint density at radius 3 is 2.44 bits per heavy atom. The highest BCUT2D eigenvalue weighted by molar-refractivity contribution is 5.69. The second-order valence-corrected chi connectivity index (χ2v) is 5.25. The van der Waals surface area contributed by atoms with Crippen molar-refractivity contribution in [3.63, 3.8) is 0 Å². The van der Waals surface area contributed by atoms with Gasteiger partial charge in [-0.2, -0.15) is 0 Å². The van der Waals surface area contributed by atoms with Gasteiger partial charge < -0.3 is 4.74 Å². The molecule has 0 aliphatic heterocycles. The molecule has 0 heterocycles. The number of ether oxygens (including phenoxy) is 1. The Morgan fingerprint density at radius 2 is 2.00 bits per heavy atom. The zero-order chi connectivity index (χ0) is 12.2. The molecule has 0 aromatic heterocycles. The molecule has 0 aromatic rings. The van der Waals surface area contributed by atoms with Gasteiger partial charge in [0.2, 0.25) is 0 Å². The summed E-state index contributed by atoms with van der Waals surface area (Å²) in [5, 5.41) is 0. The van der Waals surface area contributed by atoms with Crippen LogP contribution in [0.15, 0.2) is 0 Å². The normalized spacial score (nSPS) is 16.9. The zero-order valence-corrected chi connectivity index (χ0v) is 10.5. The van der Waals surface area contributed by atoms with E-state index in [1.165, 1.54) is 12.8 Å². The summed E-state index contributed by atoms with van der Waals surface area (Å²) in [7, 11) is 0. The molecule has 1 saturated carbocycles. The Bertz CT molecular complexity index is 279. The summed E-state index contributed by atoms with van der Waals surface area (Å²) in [4.78, 5) is 13.6. The molecule has 0 unspecified atom stereocenters. The van der Waals surface area contributed by atoms with Gasteiger partial charge >= 0.3 is 6.09 Å². The van der Waals surface area contributed by atoms with E-state index >= 15 is 0 Å². The van der Waals surface area contributed by atoms with Crippen molar-refractivity contribution in [2.75, 3.05) is 6.54 Å². The molecule has 0 bridgehead atoms. The highest BCUT2D eigenvalue weighted by atomic mass is 16.6. The number of carbonyl (C=O) groups excluding carboxylic acids is 1. The molecule has 1 aliphatic rings. The van der Waals surface area contributed by atoms with Gasteiger partial charge in [0.05, 0.1) is 6.54 Å². The number of hydrogen-bond acceptors (Lipinski definition) is 2. The maximum atomic E-state index is 11.9. The Morgan fingerprint density at radius 1 is 1.44 bits per heavy atom. The molecule has 3 nitrogen and oxygen atoms in total. The third-order valence-electron chi connectivity index (χ3n) is 2.66. The van der Waals surface area contributed by atoms with Crippen LogP contribution in [0.3, 0.4) is 0 Å². The number of carbonyl (C=O) groups is 1. The lowest BCUT2D eigenvalue weighted by Gasteiger charge is -2.30. The molecule has 0 radical (unpaired) electrons. The van der Waals surface area contributed by atoms with Crippen LogP contribution in [0.25, 0.3) is 0 Å². The first-order valence-electron chi connectivity index (χ1n) is 5.87. The Labute approximate surface area is 98.1 Å². The minimum atomic E-state index is -0.456. The van der Waals surface area contributed by atoms with Crippen molar-refractivity contribution < 1.29 is 9.53 Å². The fraction of sp³-hybridized carbons (Fsp3) is 0.769. The molecule has 1 amide bonds. The van der Waals surface area contributed by atoms with E-state index in [0.29, 0.717) is 6.54 Å². The zero-order valence-electron chi connectivity index (χ0n) is 10.5. The SMILES string of the molecule is C#CCN(C(=O)OC(C)(C)C)C1CCCC1. The summed E-state index contributed by atoms with van der Waals surface area (Å²) in [6, 6.07) is 0.269. The quantitative estimate of drug-likeness (QED) is 0.674. The van der Waals surface area contributed by atoms with E-state index in [-0.39, 0.29) is 12.1 Å². The second kappa shape index (κ2) is 5.25. The second-order valence-electron chi connectivity index (χ2n) is 5.25. The van der Waals surface area contributed by atoms with Crippen LogP contribution < -0.4 is 0 Å². The van der Waals surface area contributed by atoms with Crippen LogP contribution in [-0.4, -0.2) is 29.2 Å². The van der Waals surface area contributed by atoms with Crippen LogP contribution >= 0.6 is 0 Å². The summed E-state index contributed by atoms with van der Waals surface area (Å²) < 4.78 is 5.36. The molecule has 1 rings (SSSR count). The number of terminal acetylenes is 1. The van der Waals surface area contributed by atoms with Gasteiger partial charge in [-0.05, 0) is 33.6 Å². The van der Waals surface area contributed by atoms with Crippen molar-refractivity contribution in [2.24, 2.45) is 0 Å². The average Bonchev–Trinajstić information content (AvgIpc) is 2.63. The number of rotatable bonds is 2. The Kier molecular flexibility index (Phi) is 4.23. The number of hydrogen-bond donors (Lipinski definition) is 0. The predicted octanol–water partition coefficient (Wildman–Crippen LogP) is 2.80. The van der Waals surface area contributed by atoms with Crippen molar-refractivity contribution in [3.8, 4) is 12.3 Å². The first-order valence-corrected chi connectivity index (χ1v) is 5.87. The van der Waals surface area contributed by atoms with Gasteiger partial charge in [-0.1, -0.05) is 18.8 Å². The van der Waals surface area contributed by atoms with Crippen LogP contribution in [0.2, 0.25) is 0 Å². The maximum absolute atomic E-state index is 11.9. The van der Waals surface area contributed by atoms with Gasteiger partial charge in [0.25, 0.3) is 0 Å². The predicted molar refractivity (Wildman–Crippen MR) is 64.0 cm³/mol. The van der Waals surface area contributed by atoms with Crippen molar-refractivity contribution >= 4 is 6.09 Å². The Balaban J connectivity index is 2.62. The molecule has 16 heavy (non-hydrogen) atoms. The van der Waals surface area contributed by atoms with E-state index in [9.17, 15) is 4.79 Å². The highest BCUT2D eigenvalue weighted by Crippen LogP contribution is 2.24. The van der Waals surface area contributed by atoms with Crippen LogP contribution in [0.4, 0.5) is 4.79 Å². The Hall–Kier alpha value is -1.17. The fourth-order valence-electron chi connectivity index (χ4n) is 1.98. The molecular weight excluding hydrogens is 202 g/mol. The van der Waals surface area contributed by atoms with Gasteiger partial charge in [0.1, 0.15) is 5.60 Å². The highest BCUT2D eigenvalue weighted by Gasteiger charge is 2.29. The summed E-state index contributed by atoms with van der Waals surface area (Å²) in [5.41, 5.74) is -0.456. The molecule has 1 fully saturated rings. The van der Waals surface area contributed by atoms with Crippen LogP contribution in [0.1, 0.15) is 46.5 Å². The van der Waals surface area contributed by atoms with Crippen LogP contribution in [0.5, 0.6) is 0 Å². The van der Waals surface area contributed by atoms with Gasteiger partial charge in [-0.3, -0.25) is 4.90 Å². The van der Waals surface area contributed by atoms with Gasteiger partial charge in [-0.15, -0.1) is 6.42 Å². The fourth-order valence-corrected chi connectivity index (χ4v) is 1.98. The molecule has 0 atom stereocenters. The van der Waals surface area contributed by atoms with E-state index in [4.69, 9.17) is 11.2 Å². The molecule has 0 saturated heterocycles. The van der Waals surface area contributed by atoms with E-state index in [1.807, 2.05) is 20.8 Å². The summed E-state index contributed by atoms with van der Waals surface area (Å²) in [6.45, 7) is 5.95. The smallest absolute Gasteiger partial charge is 0.411 e. The van der Waals surface area contributed by atoms with Crippen molar-refractivity contribution in [1.29, 1.82) is 0 Å². The van der Waals surface area contributed by atoms with E-state index < -0.39 is 5.60 Å². The molecular formula is C13H21NO2. The van der Waals surface area contributed by atoms with Crippen LogP contribution in [0, 0.1) is 12.3 Å². The van der Waals surface area contributed by atoms with Gasteiger partial charge in [0.15, 0.2) is 0 Å². The van der Waals surface area contributed by atoms with Gasteiger partial charge in [-0.25, -0.2) is 4.79 Å². The third-order valence-corrected chi connectivity index (χ3v) is 2.66.